The molecule has 0 aromatic rings. The molecule has 76 valence electrons. The second-order valence-corrected chi connectivity index (χ2v) is 4.38. The summed E-state index contributed by atoms with van der Waals surface area (Å²) in [4.78, 5) is 4.94. The van der Waals surface area contributed by atoms with Crippen LogP contribution in [0.3, 0.4) is 0 Å². The van der Waals surface area contributed by atoms with Crippen molar-refractivity contribution in [3.05, 3.63) is 0 Å². The molecule has 0 radical (unpaired) electrons. The number of nitrogens with zero attached hydrogens (tertiary/aromatic N) is 2. The zero-order valence-corrected chi connectivity index (χ0v) is 9.39. The Bertz CT molecular complexity index is 166. The summed E-state index contributed by atoms with van der Waals surface area (Å²) in [6.45, 7) is 5.42. The molecule has 0 aromatic heterocycles. The molecule has 13 heavy (non-hydrogen) atoms. The maximum absolute atomic E-state index is 3.44. The molecular formula is C8H17BrN4. The lowest BCUT2D eigenvalue weighted by molar-refractivity contribution is 0.220. The molecule has 2 aliphatic rings. The normalized spacial score (nSPS) is 31.6. The van der Waals surface area contributed by atoms with Gasteiger partial charge < -0.3 is 0 Å². The molecule has 2 saturated heterocycles. The van der Waals surface area contributed by atoms with Crippen LogP contribution in [0.25, 0.3) is 0 Å². The smallest absolute Gasteiger partial charge is 0.0592 e. The molecule has 2 fully saturated rings. The zero-order chi connectivity index (χ0) is 9.10. The van der Waals surface area contributed by atoms with E-state index in [0.717, 1.165) is 26.0 Å². The highest BCUT2D eigenvalue weighted by Gasteiger charge is 2.27. The Morgan fingerprint density at radius 2 is 2.38 bits per heavy atom. The third-order valence-corrected chi connectivity index (χ3v) is 3.15. The molecule has 1 atom stereocenters. The third-order valence-electron chi connectivity index (χ3n) is 2.90. The van der Waals surface area contributed by atoms with Crippen molar-refractivity contribution in [1.29, 1.82) is 0 Å². The number of halogens is 1. The lowest BCUT2D eigenvalue weighted by atomic mass is 10.2. The lowest BCUT2D eigenvalue weighted by Gasteiger charge is -2.23. The summed E-state index contributed by atoms with van der Waals surface area (Å²) in [5.41, 5.74) is 0. The minimum absolute atomic E-state index is 0.774. The van der Waals surface area contributed by atoms with Gasteiger partial charge in [0.25, 0.3) is 0 Å². The van der Waals surface area contributed by atoms with Crippen LogP contribution in [0.4, 0.5) is 0 Å². The van der Waals surface area contributed by atoms with Crippen molar-refractivity contribution in [3.63, 3.8) is 0 Å². The molecule has 5 heteroatoms. The van der Waals surface area contributed by atoms with Crippen molar-refractivity contribution in [2.75, 3.05) is 33.1 Å². The van der Waals surface area contributed by atoms with E-state index in [1.807, 2.05) is 0 Å². The Morgan fingerprint density at radius 3 is 3.23 bits per heavy atom. The van der Waals surface area contributed by atoms with Crippen LogP contribution in [0, 0.1) is 0 Å². The van der Waals surface area contributed by atoms with E-state index in [4.69, 9.17) is 0 Å². The highest BCUT2D eigenvalue weighted by Crippen LogP contribution is 2.18. The monoisotopic (exact) mass is 248 g/mol. The summed E-state index contributed by atoms with van der Waals surface area (Å²) in [6, 6.07) is 0.774. The molecule has 2 heterocycles. The Kier molecular flexibility index (Phi) is 3.57. The average molecular weight is 249 g/mol. The highest BCUT2D eigenvalue weighted by atomic mass is 79.9. The van der Waals surface area contributed by atoms with Gasteiger partial charge in [0, 0.05) is 35.4 Å². The summed E-state index contributed by atoms with van der Waals surface area (Å²) in [6.07, 6.45) is 2.72. The maximum atomic E-state index is 3.44. The minimum Gasteiger partial charge on any atom is -0.291 e. The van der Waals surface area contributed by atoms with E-state index in [-0.39, 0.29) is 0 Å². The number of hydrogen-bond donors (Lipinski definition) is 2. The van der Waals surface area contributed by atoms with E-state index in [0.29, 0.717) is 0 Å². The maximum Gasteiger partial charge on any atom is 0.0592 e. The van der Waals surface area contributed by atoms with Crippen LogP contribution in [0.15, 0.2) is 0 Å². The molecule has 0 bridgehead atoms. The fraction of sp³-hybridized carbons (Fsp3) is 1.00. The van der Waals surface area contributed by atoms with Gasteiger partial charge in [-0.15, -0.1) is 0 Å². The molecular weight excluding hydrogens is 232 g/mol. The van der Waals surface area contributed by atoms with Crippen LogP contribution in [0.5, 0.6) is 0 Å². The van der Waals surface area contributed by atoms with E-state index in [1.165, 1.54) is 25.9 Å². The summed E-state index contributed by atoms with van der Waals surface area (Å²) < 4.78 is 3.02. The van der Waals surface area contributed by atoms with Crippen LogP contribution in [0.2, 0.25) is 0 Å². The lowest BCUT2D eigenvalue weighted by Crippen LogP contribution is -2.39. The predicted molar refractivity (Wildman–Crippen MR) is 56.2 cm³/mol. The van der Waals surface area contributed by atoms with Gasteiger partial charge in [0.2, 0.25) is 0 Å². The highest BCUT2D eigenvalue weighted by molar-refractivity contribution is 9.08. The van der Waals surface area contributed by atoms with Gasteiger partial charge in [0.05, 0.1) is 13.3 Å². The van der Waals surface area contributed by atoms with E-state index in [1.54, 1.807) is 0 Å². The SMILES string of the molecule is BrNCN1CNCN2CCCC2C1. The van der Waals surface area contributed by atoms with Gasteiger partial charge in [-0.1, -0.05) is 0 Å². The van der Waals surface area contributed by atoms with Crippen molar-refractivity contribution in [3.8, 4) is 0 Å². The summed E-state index contributed by atoms with van der Waals surface area (Å²) >= 11 is 3.25. The third kappa shape index (κ3) is 2.41. The van der Waals surface area contributed by atoms with E-state index in [2.05, 4.69) is 35.6 Å². The minimum atomic E-state index is 0.774. The zero-order valence-electron chi connectivity index (χ0n) is 7.80. The van der Waals surface area contributed by atoms with Crippen LogP contribution < -0.4 is 9.66 Å². The van der Waals surface area contributed by atoms with Gasteiger partial charge in [0.1, 0.15) is 0 Å². The second kappa shape index (κ2) is 4.70. The molecule has 0 aliphatic carbocycles. The Hall–Kier alpha value is 0.320. The fourth-order valence-electron chi connectivity index (χ4n) is 2.23. The first-order chi connectivity index (χ1) is 6.40. The van der Waals surface area contributed by atoms with Crippen LogP contribution in [-0.2, 0) is 0 Å². The standard InChI is InChI=1S/C8H17BrN4/c9-11-7-12-4-8-2-1-3-13(8)6-10-5-12/h8,10-11H,1-7H2. The quantitative estimate of drug-likeness (QED) is 0.681. The Labute approximate surface area is 88.0 Å². The molecule has 0 amide bonds. The van der Waals surface area contributed by atoms with E-state index >= 15 is 0 Å². The van der Waals surface area contributed by atoms with Crippen molar-refractivity contribution in [2.45, 2.75) is 18.9 Å². The summed E-state index contributed by atoms with van der Waals surface area (Å²) in [5.74, 6) is 0. The first-order valence-corrected chi connectivity index (χ1v) is 5.70. The second-order valence-electron chi connectivity index (χ2n) is 3.82. The van der Waals surface area contributed by atoms with Crippen molar-refractivity contribution >= 4 is 16.1 Å². The Balaban J connectivity index is 1.89. The Morgan fingerprint density at radius 1 is 1.46 bits per heavy atom. The first-order valence-electron chi connectivity index (χ1n) is 4.91. The van der Waals surface area contributed by atoms with Crippen LogP contribution >= 0.6 is 16.1 Å². The summed E-state index contributed by atoms with van der Waals surface area (Å²) in [5, 5.41) is 3.44. The van der Waals surface area contributed by atoms with Crippen molar-refractivity contribution < 1.29 is 0 Å². The molecule has 0 spiro atoms. The molecule has 1 unspecified atom stereocenters. The van der Waals surface area contributed by atoms with E-state index in [9.17, 15) is 0 Å². The molecule has 0 saturated carbocycles. The van der Waals surface area contributed by atoms with Gasteiger partial charge in [-0.05, 0) is 19.4 Å². The molecule has 4 nitrogen and oxygen atoms in total. The first kappa shape index (κ1) is 9.86. The van der Waals surface area contributed by atoms with Gasteiger partial charge in [0.15, 0.2) is 0 Å². The average Bonchev–Trinajstić information content (AvgIpc) is 2.46. The largest absolute Gasteiger partial charge is 0.291 e. The number of fused-ring (bicyclic) bond motifs is 1. The number of rotatable bonds is 2. The predicted octanol–water partition coefficient (Wildman–Crippen LogP) is 0.128. The fourth-order valence-corrected chi connectivity index (χ4v) is 2.58. The van der Waals surface area contributed by atoms with Crippen LogP contribution in [-0.4, -0.2) is 48.9 Å². The van der Waals surface area contributed by atoms with E-state index < -0.39 is 0 Å². The molecule has 0 aromatic carbocycles. The van der Waals surface area contributed by atoms with Crippen molar-refractivity contribution in [1.82, 2.24) is 19.5 Å². The number of hydrogen-bond acceptors (Lipinski definition) is 4. The number of nitrogens with one attached hydrogen (secondary N) is 2. The van der Waals surface area contributed by atoms with Gasteiger partial charge in [-0.3, -0.25) is 15.1 Å². The summed E-state index contributed by atoms with van der Waals surface area (Å²) in [7, 11) is 0. The van der Waals surface area contributed by atoms with Gasteiger partial charge in [-0.25, -0.2) is 4.34 Å². The molecule has 2 rings (SSSR count). The van der Waals surface area contributed by atoms with Gasteiger partial charge >= 0.3 is 0 Å². The van der Waals surface area contributed by atoms with Crippen LogP contribution in [0.1, 0.15) is 12.8 Å². The van der Waals surface area contributed by atoms with Gasteiger partial charge in [-0.2, -0.15) is 0 Å². The van der Waals surface area contributed by atoms with Crippen molar-refractivity contribution in [2.24, 2.45) is 0 Å². The molecule has 2 N–H and O–H groups in total. The topological polar surface area (TPSA) is 30.5 Å². The molecule has 2 aliphatic heterocycles.